The van der Waals surface area contributed by atoms with E-state index in [9.17, 15) is 4.79 Å². The third-order valence-electron chi connectivity index (χ3n) is 2.44. The second-order valence-corrected chi connectivity index (χ2v) is 4.61. The molecular formula is C11H14N4O3S. The highest BCUT2D eigenvalue weighted by molar-refractivity contribution is 7.98. The number of carbonyl (C=O) groups is 1. The number of thioether (sulfide) groups is 1. The van der Waals surface area contributed by atoms with E-state index in [1.807, 2.05) is 0 Å². The molecule has 0 bridgehead atoms. The maximum Gasteiger partial charge on any atom is 0.341 e. The first-order chi connectivity index (χ1) is 9.13. The Morgan fingerprint density at radius 1 is 1.58 bits per heavy atom. The summed E-state index contributed by atoms with van der Waals surface area (Å²) >= 11 is 1.38. The van der Waals surface area contributed by atoms with Gasteiger partial charge >= 0.3 is 5.97 Å². The predicted octanol–water partition coefficient (Wildman–Crippen LogP) is 1.46. The van der Waals surface area contributed by atoms with Crippen LogP contribution in [0, 0.1) is 0 Å². The van der Waals surface area contributed by atoms with Gasteiger partial charge in [-0.3, -0.25) is 4.57 Å². The molecule has 0 saturated carbocycles. The Balaban J connectivity index is 2.06. The molecule has 2 rings (SSSR count). The van der Waals surface area contributed by atoms with Crippen molar-refractivity contribution in [1.82, 2.24) is 14.8 Å². The number of ether oxygens (including phenoxy) is 1. The van der Waals surface area contributed by atoms with Crippen LogP contribution in [0.2, 0.25) is 0 Å². The van der Waals surface area contributed by atoms with Gasteiger partial charge in [-0.15, -0.1) is 10.2 Å². The standard InChI is InChI=1S/C11H14N4O3S/c1-3-17-9(16)7-4-5-18-8(7)6-19-11-14-13-10(12)15(11)2/h4-5H,3,6H2,1-2H3,(H2,12,13). The van der Waals surface area contributed by atoms with E-state index in [1.54, 1.807) is 24.6 Å². The maximum absolute atomic E-state index is 11.7. The molecule has 0 unspecified atom stereocenters. The number of hydrogen-bond acceptors (Lipinski definition) is 7. The zero-order chi connectivity index (χ0) is 13.8. The molecule has 102 valence electrons. The van der Waals surface area contributed by atoms with Crippen molar-refractivity contribution in [2.24, 2.45) is 7.05 Å². The number of anilines is 1. The molecule has 0 aliphatic heterocycles. The lowest BCUT2D eigenvalue weighted by Gasteiger charge is -2.02. The van der Waals surface area contributed by atoms with Crippen molar-refractivity contribution in [1.29, 1.82) is 0 Å². The van der Waals surface area contributed by atoms with Gasteiger partial charge in [-0.25, -0.2) is 4.79 Å². The minimum Gasteiger partial charge on any atom is -0.468 e. The molecule has 2 aromatic rings. The molecule has 0 atom stereocenters. The smallest absolute Gasteiger partial charge is 0.341 e. The van der Waals surface area contributed by atoms with Crippen LogP contribution >= 0.6 is 11.8 Å². The summed E-state index contributed by atoms with van der Waals surface area (Å²) in [6.07, 6.45) is 1.47. The van der Waals surface area contributed by atoms with Crippen molar-refractivity contribution >= 4 is 23.7 Å². The van der Waals surface area contributed by atoms with Gasteiger partial charge < -0.3 is 14.9 Å². The molecule has 0 amide bonds. The Hall–Kier alpha value is -1.96. The molecule has 0 radical (unpaired) electrons. The number of carbonyl (C=O) groups excluding carboxylic acids is 1. The second-order valence-electron chi connectivity index (χ2n) is 3.67. The van der Waals surface area contributed by atoms with Gasteiger partial charge in [0.25, 0.3) is 0 Å². The number of esters is 1. The van der Waals surface area contributed by atoms with Crippen molar-refractivity contribution in [3.63, 3.8) is 0 Å². The Kier molecular flexibility index (Phi) is 4.10. The monoisotopic (exact) mass is 282 g/mol. The first-order valence-electron chi connectivity index (χ1n) is 5.64. The molecule has 2 N–H and O–H groups in total. The van der Waals surface area contributed by atoms with E-state index in [1.165, 1.54) is 18.0 Å². The summed E-state index contributed by atoms with van der Waals surface area (Å²) in [6.45, 7) is 2.09. The van der Waals surface area contributed by atoms with Crippen LogP contribution in [0.15, 0.2) is 21.9 Å². The summed E-state index contributed by atoms with van der Waals surface area (Å²) in [5.74, 6) is 0.953. The zero-order valence-electron chi connectivity index (χ0n) is 10.6. The van der Waals surface area contributed by atoms with Crippen LogP contribution in [0.4, 0.5) is 5.95 Å². The summed E-state index contributed by atoms with van der Waals surface area (Å²) < 4.78 is 11.9. The third-order valence-corrected chi connectivity index (χ3v) is 3.46. The van der Waals surface area contributed by atoms with Crippen LogP contribution in [-0.2, 0) is 17.5 Å². The molecule has 0 spiro atoms. The lowest BCUT2D eigenvalue weighted by Crippen LogP contribution is -2.05. The van der Waals surface area contributed by atoms with Crippen molar-refractivity contribution in [2.75, 3.05) is 12.3 Å². The van der Waals surface area contributed by atoms with Crippen molar-refractivity contribution in [2.45, 2.75) is 17.8 Å². The first-order valence-corrected chi connectivity index (χ1v) is 6.63. The minimum absolute atomic E-state index is 0.330. The molecule has 8 heteroatoms. The topological polar surface area (TPSA) is 96.2 Å². The normalized spacial score (nSPS) is 10.6. The number of rotatable bonds is 5. The lowest BCUT2D eigenvalue weighted by molar-refractivity contribution is 0.0524. The highest BCUT2D eigenvalue weighted by atomic mass is 32.2. The molecular weight excluding hydrogens is 268 g/mol. The quantitative estimate of drug-likeness (QED) is 0.655. The molecule has 0 aliphatic carbocycles. The van der Waals surface area contributed by atoms with Crippen molar-refractivity contribution in [3.8, 4) is 0 Å². The average Bonchev–Trinajstić information content (AvgIpc) is 2.97. The predicted molar refractivity (Wildman–Crippen MR) is 69.6 cm³/mol. The SMILES string of the molecule is CCOC(=O)c1ccoc1CSc1nnc(N)n1C. The molecule has 2 heterocycles. The van der Waals surface area contributed by atoms with Gasteiger partial charge in [0.1, 0.15) is 11.3 Å². The number of furan rings is 1. The Labute approximate surface area is 114 Å². The zero-order valence-corrected chi connectivity index (χ0v) is 11.4. The van der Waals surface area contributed by atoms with E-state index < -0.39 is 0 Å². The van der Waals surface area contributed by atoms with Crippen molar-refractivity contribution in [3.05, 3.63) is 23.7 Å². The van der Waals surface area contributed by atoms with E-state index in [-0.39, 0.29) is 5.97 Å². The van der Waals surface area contributed by atoms with Crippen LogP contribution < -0.4 is 5.73 Å². The number of nitrogens with two attached hydrogens (primary N) is 1. The molecule has 19 heavy (non-hydrogen) atoms. The summed E-state index contributed by atoms with van der Waals surface area (Å²) in [5, 5.41) is 8.33. The van der Waals surface area contributed by atoms with E-state index in [0.29, 0.717) is 34.8 Å². The van der Waals surface area contributed by atoms with Gasteiger partial charge in [0.15, 0.2) is 5.16 Å². The van der Waals surface area contributed by atoms with Gasteiger partial charge in [-0.1, -0.05) is 11.8 Å². The van der Waals surface area contributed by atoms with E-state index in [0.717, 1.165) is 0 Å². The fourth-order valence-corrected chi connectivity index (χ4v) is 2.29. The fraction of sp³-hybridized carbons (Fsp3) is 0.364. The van der Waals surface area contributed by atoms with Crippen LogP contribution in [-0.4, -0.2) is 27.3 Å². The first kappa shape index (κ1) is 13.5. The summed E-state index contributed by atoms with van der Waals surface area (Å²) in [4.78, 5) is 11.7. The number of nitrogens with zero attached hydrogens (tertiary/aromatic N) is 3. The Bertz CT molecular complexity index is 578. The Morgan fingerprint density at radius 3 is 3.00 bits per heavy atom. The fourth-order valence-electron chi connectivity index (χ4n) is 1.43. The largest absolute Gasteiger partial charge is 0.468 e. The van der Waals surface area contributed by atoms with Crippen LogP contribution in [0.5, 0.6) is 0 Å². The summed E-state index contributed by atoms with van der Waals surface area (Å²) in [5.41, 5.74) is 6.02. The van der Waals surface area contributed by atoms with Crippen molar-refractivity contribution < 1.29 is 13.9 Å². The molecule has 0 fully saturated rings. The van der Waals surface area contributed by atoms with Gasteiger partial charge in [-0.2, -0.15) is 0 Å². The Morgan fingerprint density at radius 2 is 2.37 bits per heavy atom. The van der Waals surface area contributed by atoms with Crippen LogP contribution in [0.25, 0.3) is 0 Å². The average molecular weight is 282 g/mol. The van der Waals surface area contributed by atoms with Gasteiger partial charge in [-0.05, 0) is 13.0 Å². The number of nitrogen functional groups attached to an aromatic ring is 1. The molecule has 2 aromatic heterocycles. The van der Waals surface area contributed by atoms with E-state index >= 15 is 0 Å². The lowest BCUT2D eigenvalue weighted by atomic mass is 10.3. The minimum atomic E-state index is -0.385. The van der Waals surface area contributed by atoms with Gasteiger partial charge in [0.05, 0.1) is 18.6 Å². The highest BCUT2D eigenvalue weighted by Gasteiger charge is 2.17. The van der Waals surface area contributed by atoms with E-state index in [4.69, 9.17) is 14.9 Å². The third kappa shape index (κ3) is 2.90. The molecule has 0 aromatic carbocycles. The summed E-state index contributed by atoms with van der Waals surface area (Å²) in [6, 6.07) is 1.60. The number of hydrogen-bond donors (Lipinski definition) is 1. The van der Waals surface area contributed by atoms with E-state index in [2.05, 4.69) is 10.2 Å². The molecule has 0 aliphatic rings. The second kappa shape index (κ2) is 5.79. The van der Waals surface area contributed by atoms with Crippen LogP contribution in [0.3, 0.4) is 0 Å². The van der Waals surface area contributed by atoms with Crippen LogP contribution in [0.1, 0.15) is 23.0 Å². The summed E-state index contributed by atoms with van der Waals surface area (Å²) in [7, 11) is 1.77. The number of aromatic nitrogens is 3. The maximum atomic E-state index is 11.7. The van der Waals surface area contributed by atoms with Gasteiger partial charge in [0.2, 0.25) is 5.95 Å². The highest BCUT2D eigenvalue weighted by Crippen LogP contribution is 2.24. The molecule has 7 nitrogen and oxygen atoms in total. The van der Waals surface area contributed by atoms with Gasteiger partial charge in [0, 0.05) is 7.05 Å². The molecule has 0 saturated heterocycles.